The van der Waals surface area contributed by atoms with Crippen molar-refractivity contribution in [1.82, 2.24) is 9.97 Å². The van der Waals surface area contributed by atoms with Crippen molar-refractivity contribution >= 4 is 28.7 Å². The highest BCUT2D eigenvalue weighted by Gasteiger charge is 2.12. The third kappa shape index (κ3) is 2.61. The van der Waals surface area contributed by atoms with E-state index in [1.807, 2.05) is 25.4 Å². The van der Waals surface area contributed by atoms with Crippen LogP contribution in [0.5, 0.6) is 0 Å². The number of hydrogen-bond donors (Lipinski definition) is 2. The summed E-state index contributed by atoms with van der Waals surface area (Å²) in [4.78, 5) is 9.12. The van der Waals surface area contributed by atoms with Crippen molar-refractivity contribution in [3.8, 4) is 0 Å². The van der Waals surface area contributed by atoms with Gasteiger partial charge in [0.25, 0.3) is 0 Å². The van der Waals surface area contributed by atoms with Crippen LogP contribution in [0.15, 0.2) is 16.8 Å². The van der Waals surface area contributed by atoms with E-state index in [1.165, 1.54) is 0 Å². The van der Waals surface area contributed by atoms with E-state index in [9.17, 15) is 0 Å². The van der Waals surface area contributed by atoms with Crippen LogP contribution >= 0.6 is 11.3 Å². The van der Waals surface area contributed by atoms with E-state index in [-0.39, 0.29) is 0 Å². The lowest BCUT2D eigenvalue weighted by Crippen LogP contribution is -2.08. The Morgan fingerprint density at radius 2 is 1.94 bits per heavy atom. The molecule has 2 aromatic rings. The Morgan fingerprint density at radius 3 is 2.50 bits per heavy atom. The van der Waals surface area contributed by atoms with Crippen molar-refractivity contribution in [2.24, 2.45) is 0 Å². The Hall–Kier alpha value is -1.62. The van der Waals surface area contributed by atoms with E-state index in [1.54, 1.807) is 11.3 Å². The summed E-state index contributed by atoms with van der Waals surface area (Å²) in [6.45, 7) is 6.21. The van der Waals surface area contributed by atoms with Gasteiger partial charge in [0.2, 0.25) is 0 Å². The monoisotopic (exact) mass is 262 g/mol. The lowest BCUT2D eigenvalue weighted by atomic mass is 10.2. The maximum absolute atomic E-state index is 4.60. The average Bonchev–Trinajstić information content (AvgIpc) is 2.84. The third-order valence-electron chi connectivity index (χ3n) is 2.70. The van der Waals surface area contributed by atoms with Gasteiger partial charge in [-0.25, -0.2) is 9.97 Å². The molecule has 0 bridgehead atoms. The molecule has 0 spiro atoms. The highest BCUT2D eigenvalue weighted by Crippen LogP contribution is 2.26. The van der Waals surface area contributed by atoms with Gasteiger partial charge in [-0.1, -0.05) is 13.8 Å². The highest BCUT2D eigenvalue weighted by molar-refractivity contribution is 7.08. The average molecular weight is 262 g/mol. The summed E-state index contributed by atoms with van der Waals surface area (Å²) in [5.74, 6) is 2.91. The zero-order valence-electron chi connectivity index (χ0n) is 11.1. The second-order valence-electron chi connectivity index (χ2n) is 4.45. The first kappa shape index (κ1) is 12.8. The predicted molar refractivity (Wildman–Crippen MR) is 78.0 cm³/mol. The van der Waals surface area contributed by atoms with Crippen molar-refractivity contribution in [2.45, 2.75) is 26.7 Å². The minimum absolute atomic E-state index is 0.306. The molecule has 0 saturated heterocycles. The van der Waals surface area contributed by atoms with Gasteiger partial charge in [0.15, 0.2) is 0 Å². The molecule has 0 aliphatic rings. The maximum atomic E-state index is 4.60. The zero-order chi connectivity index (χ0) is 13.1. The Kier molecular flexibility index (Phi) is 3.81. The van der Waals surface area contributed by atoms with Gasteiger partial charge in [-0.05, 0) is 18.4 Å². The van der Waals surface area contributed by atoms with Gasteiger partial charge in [-0.2, -0.15) is 11.3 Å². The molecular formula is C13H18N4S. The lowest BCUT2D eigenvalue weighted by Gasteiger charge is -2.14. The summed E-state index contributed by atoms with van der Waals surface area (Å²) in [7, 11) is 1.88. The lowest BCUT2D eigenvalue weighted by molar-refractivity contribution is 0.775. The van der Waals surface area contributed by atoms with Gasteiger partial charge < -0.3 is 10.6 Å². The molecule has 2 N–H and O–H groups in total. The van der Waals surface area contributed by atoms with E-state index >= 15 is 0 Å². The molecule has 2 heterocycles. The number of rotatable bonds is 4. The fourth-order valence-corrected chi connectivity index (χ4v) is 2.22. The molecule has 2 aromatic heterocycles. The summed E-state index contributed by atoms with van der Waals surface area (Å²) in [5.41, 5.74) is 2.10. The third-order valence-corrected chi connectivity index (χ3v) is 3.38. The van der Waals surface area contributed by atoms with Crippen molar-refractivity contribution < 1.29 is 0 Å². The Labute approximate surface area is 111 Å². The quantitative estimate of drug-likeness (QED) is 0.881. The van der Waals surface area contributed by atoms with Gasteiger partial charge in [-0.3, -0.25) is 0 Å². The van der Waals surface area contributed by atoms with Crippen LogP contribution in [-0.2, 0) is 0 Å². The van der Waals surface area contributed by atoms with Crippen molar-refractivity contribution in [3.63, 3.8) is 0 Å². The molecule has 18 heavy (non-hydrogen) atoms. The molecule has 0 aliphatic heterocycles. The highest BCUT2D eigenvalue weighted by atomic mass is 32.1. The molecule has 4 nitrogen and oxygen atoms in total. The van der Waals surface area contributed by atoms with Crippen LogP contribution in [0, 0.1) is 6.92 Å². The van der Waals surface area contributed by atoms with Crippen LogP contribution in [0.4, 0.5) is 17.3 Å². The Balaban J connectivity index is 2.41. The molecule has 5 heteroatoms. The standard InChI is InChI=1S/C13H18N4S/c1-8(2)11-16-12(14-4)9(3)13(17-11)15-10-5-6-18-7-10/h5-8H,1-4H3,(H2,14,15,16,17). The van der Waals surface area contributed by atoms with E-state index < -0.39 is 0 Å². The minimum Gasteiger partial charge on any atom is -0.373 e. The predicted octanol–water partition coefficient (Wildman–Crippen LogP) is 3.76. The number of anilines is 3. The van der Waals surface area contributed by atoms with Crippen LogP contribution in [0.3, 0.4) is 0 Å². The van der Waals surface area contributed by atoms with Gasteiger partial charge in [0, 0.05) is 23.9 Å². The molecule has 0 saturated carbocycles. The van der Waals surface area contributed by atoms with E-state index in [0.717, 1.165) is 28.7 Å². The summed E-state index contributed by atoms with van der Waals surface area (Å²) >= 11 is 1.66. The second kappa shape index (κ2) is 5.35. The van der Waals surface area contributed by atoms with Crippen molar-refractivity contribution in [2.75, 3.05) is 17.7 Å². The first-order valence-electron chi connectivity index (χ1n) is 5.97. The summed E-state index contributed by atoms with van der Waals surface area (Å²) in [5, 5.41) is 10.6. The first-order chi connectivity index (χ1) is 8.61. The van der Waals surface area contributed by atoms with Crippen LogP contribution < -0.4 is 10.6 Å². The van der Waals surface area contributed by atoms with Gasteiger partial charge >= 0.3 is 0 Å². The molecule has 0 aromatic carbocycles. The molecule has 0 aliphatic carbocycles. The summed E-state index contributed by atoms with van der Waals surface area (Å²) in [6.07, 6.45) is 0. The Morgan fingerprint density at radius 1 is 1.22 bits per heavy atom. The molecule has 0 fully saturated rings. The number of nitrogens with zero attached hydrogens (tertiary/aromatic N) is 2. The largest absolute Gasteiger partial charge is 0.373 e. The minimum atomic E-state index is 0.306. The fourth-order valence-electron chi connectivity index (χ4n) is 1.63. The SMILES string of the molecule is CNc1nc(C(C)C)nc(Nc2ccsc2)c1C. The molecule has 0 unspecified atom stereocenters. The van der Waals surface area contributed by atoms with Gasteiger partial charge in [0.1, 0.15) is 17.5 Å². The fraction of sp³-hybridized carbons (Fsp3) is 0.385. The number of nitrogens with one attached hydrogen (secondary N) is 2. The normalized spacial score (nSPS) is 10.7. The van der Waals surface area contributed by atoms with Crippen LogP contribution in [0.2, 0.25) is 0 Å². The van der Waals surface area contributed by atoms with Crippen LogP contribution in [0.25, 0.3) is 0 Å². The molecule has 0 amide bonds. The zero-order valence-corrected chi connectivity index (χ0v) is 11.9. The first-order valence-corrected chi connectivity index (χ1v) is 6.91. The number of aromatic nitrogens is 2. The van der Waals surface area contributed by atoms with Crippen molar-refractivity contribution in [1.29, 1.82) is 0 Å². The van der Waals surface area contributed by atoms with Crippen molar-refractivity contribution in [3.05, 3.63) is 28.2 Å². The molecule has 2 rings (SSSR count). The molecule has 96 valence electrons. The maximum Gasteiger partial charge on any atom is 0.139 e. The van der Waals surface area contributed by atoms with Crippen LogP contribution in [-0.4, -0.2) is 17.0 Å². The number of hydrogen-bond acceptors (Lipinski definition) is 5. The smallest absolute Gasteiger partial charge is 0.139 e. The molecular weight excluding hydrogens is 244 g/mol. The van der Waals surface area contributed by atoms with E-state index in [2.05, 4.69) is 39.8 Å². The van der Waals surface area contributed by atoms with E-state index in [0.29, 0.717) is 5.92 Å². The Bertz CT molecular complexity index is 520. The number of thiophene rings is 1. The van der Waals surface area contributed by atoms with E-state index in [4.69, 9.17) is 0 Å². The van der Waals surface area contributed by atoms with Crippen LogP contribution in [0.1, 0.15) is 31.2 Å². The van der Waals surface area contributed by atoms with Gasteiger partial charge in [-0.15, -0.1) is 0 Å². The summed E-state index contributed by atoms with van der Waals surface area (Å²) < 4.78 is 0. The molecule has 0 radical (unpaired) electrons. The molecule has 0 atom stereocenters. The van der Waals surface area contributed by atoms with Gasteiger partial charge in [0.05, 0.1) is 5.69 Å². The second-order valence-corrected chi connectivity index (χ2v) is 5.23. The topological polar surface area (TPSA) is 49.8 Å². The summed E-state index contributed by atoms with van der Waals surface area (Å²) in [6, 6.07) is 2.04.